The highest BCUT2D eigenvalue weighted by molar-refractivity contribution is 6.22. The highest BCUT2D eigenvalue weighted by Crippen LogP contribution is 2.29. The lowest BCUT2D eigenvalue weighted by Crippen LogP contribution is -2.51. The van der Waals surface area contributed by atoms with Gasteiger partial charge in [0, 0.05) is 13.1 Å². The summed E-state index contributed by atoms with van der Waals surface area (Å²) in [5.41, 5.74) is 1.69. The van der Waals surface area contributed by atoms with E-state index in [9.17, 15) is 24.3 Å². The maximum absolute atomic E-state index is 13.6. The Labute approximate surface area is 209 Å². The number of hydrogen-bond donors (Lipinski definition) is 1. The number of β-amino-alcohol motifs (C(OH)–C–C–N with tert-alkyl or cyclic N) is 1. The monoisotopic (exact) mass is 494 g/mol. The van der Waals surface area contributed by atoms with Gasteiger partial charge in [0.1, 0.15) is 12.1 Å². The number of fused-ring (bicyclic) bond motifs is 1. The van der Waals surface area contributed by atoms with E-state index in [1.807, 2.05) is 13.8 Å². The summed E-state index contributed by atoms with van der Waals surface area (Å²) in [4.78, 5) is 54.0. The van der Waals surface area contributed by atoms with Gasteiger partial charge in [-0.05, 0) is 42.2 Å². The molecule has 9 nitrogen and oxygen atoms in total. The summed E-state index contributed by atoms with van der Waals surface area (Å²) in [6.07, 6.45) is -1.28. The first-order chi connectivity index (χ1) is 17.2. The number of carbonyl (C=O) groups is 4. The predicted molar refractivity (Wildman–Crippen MR) is 129 cm³/mol. The predicted octanol–water partition coefficient (Wildman–Crippen LogP) is 2.27. The van der Waals surface area contributed by atoms with E-state index in [1.54, 1.807) is 48.5 Å². The third kappa shape index (κ3) is 5.03. The summed E-state index contributed by atoms with van der Waals surface area (Å²) < 4.78 is 10.6. The van der Waals surface area contributed by atoms with Crippen LogP contribution in [0, 0.1) is 5.92 Å². The van der Waals surface area contributed by atoms with E-state index in [0.717, 1.165) is 10.5 Å². The molecule has 0 aliphatic carbocycles. The van der Waals surface area contributed by atoms with E-state index in [1.165, 1.54) is 12.0 Å². The minimum absolute atomic E-state index is 0.0312. The number of carbonyl (C=O) groups excluding carboxylic acids is 4. The van der Waals surface area contributed by atoms with Gasteiger partial charge in [0.25, 0.3) is 11.8 Å². The topological polar surface area (TPSA) is 113 Å². The average molecular weight is 495 g/mol. The molecule has 3 amide bonds. The van der Waals surface area contributed by atoms with E-state index < -0.39 is 41.9 Å². The van der Waals surface area contributed by atoms with Crippen LogP contribution in [-0.4, -0.2) is 77.0 Å². The van der Waals surface area contributed by atoms with Gasteiger partial charge < -0.3 is 19.5 Å². The molecule has 2 aliphatic rings. The van der Waals surface area contributed by atoms with Gasteiger partial charge in [-0.3, -0.25) is 19.3 Å². The van der Waals surface area contributed by atoms with Crippen molar-refractivity contribution in [2.24, 2.45) is 5.92 Å². The number of nitrogens with zero attached hydrogens (tertiary/aromatic N) is 2. The average Bonchev–Trinajstić information content (AvgIpc) is 3.37. The molecular weight excluding hydrogens is 464 g/mol. The lowest BCUT2D eigenvalue weighted by Gasteiger charge is -2.30. The molecular formula is C27H30N2O7. The van der Waals surface area contributed by atoms with Crippen molar-refractivity contribution in [2.45, 2.75) is 45.1 Å². The summed E-state index contributed by atoms with van der Waals surface area (Å²) in [7, 11) is 1.31. The number of methoxy groups -OCH3 is 1. The first kappa shape index (κ1) is 25.5. The molecule has 2 aromatic carbocycles. The zero-order valence-electron chi connectivity index (χ0n) is 20.5. The summed E-state index contributed by atoms with van der Waals surface area (Å²) >= 11 is 0. The largest absolute Gasteiger partial charge is 0.465 e. The summed E-state index contributed by atoms with van der Waals surface area (Å²) in [5.74, 6) is -1.76. The maximum atomic E-state index is 13.6. The molecule has 1 N–H and O–H groups in total. The zero-order valence-corrected chi connectivity index (χ0v) is 20.5. The van der Waals surface area contributed by atoms with Gasteiger partial charge in [0.05, 0.1) is 36.5 Å². The molecule has 2 aromatic rings. The molecule has 0 saturated carbocycles. The third-order valence-corrected chi connectivity index (χ3v) is 6.48. The SMILES string of the molecule is COC(=O)c1cccc(COC2CN(C(=O)[C@H](CC(C)C)N3C(=O)c4ccccc4C3=O)CC2O)c1. The number of aliphatic hydroxyl groups excluding tert-OH is 1. The molecule has 1 saturated heterocycles. The number of aliphatic hydroxyl groups is 1. The molecule has 2 unspecified atom stereocenters. The molecule has 0 aromatic heterocycles. The Morgan fingerprint density at radius 1 is 1.03 bits per heavy atom. The second-order valence-corrected chi connectivity index (χ2v) is 9.52. The van der Waals surface area contributed by atoms with Gasteiger partial charge >= 0.3 is 5.97 Å². The van der Waals surface area contributed by atoms with Crippen molar-refractivity contribution in [3.8, 4) is 0 Å². The molecule has 190 valence electrons. The van der Waals surface area contributed by atoms with Crippen molar-refractivity contribution in [2.75, 3.05) is 20.2 Å². The fourth-order valence-corrected chi connectivity index (χ4v) is 4.67. The van der Waals surface area contributed by atoms with Crippen LogP contribution in [0.2, 0.25) is 0 Å². The third-order valence-electron chi connectivity index (χ3n) is 6.48. The van der Waals surface area contributed by atoms with E-state index in [2.05, 4.69) is 0 Å². The molecule has 9 heteroatoms. The molecule has 0 spiro atoms. The Balaban J connectivity index is 1.46. The Hall–Kier alpha value is -3.56. The van der Waals surface area contributed by atoms with Crippen molar-refractivity contribution < 1.29 is 33.8 Å². The van der Waals surface area contributed by atoms with Gasteiger partial charge in [0.15, 0.2) is 0 Å². The Bertz CT molecular complexity index is 1140. The molecule has 36 heavy (non-hydrogen) atoms. The number of ether oxygens (including phenoxy) is 2. The summed E-state index contributed by atoms with van der Waals surface area (Å²) in [6.45, 7) is 4.12. The number of hydrogen-bond acceptors (Lipinski definition) is 7. The van der Waals surface area contributed by atoms with Crippen LogP contribution in [0.4, 0.5) is 0 Å². The Morgan fingerprint density at radius 3 is 2.31 bits per heavy atom. The second-order valence-electron chi connectivity index (χ2n) is 9.52. The highest BCUT2D eigenvalue weighted by Gasteiger charge is 2.46. The highest BCUT2D eigenvalue weighted by atomic mass is 16.5. The maximum Gasteiger partial charge on any atom is 0.337 e. The van der Waals surface area contributed by atoms with Crippen molar-refractivity contribution in [3.05, 3.63) is 70.8 Å². The van der Waals surface area contributed by atoms with Gasteiger partial charge in [-0.2, -0.15) is 0 Å². The molecule has 2 heterocycles. The number of amides is 3. The molecule has 3 atom stereocenters. The van der Waals surface area contributed by atoms with Crippen molar-refractivity contribution in [1.82, 2.24) is 9.80 Å². The van der Waals surface area contributed by atoms with Gasteiger partial charge in [-0.15, -0.1) is 0 Å². The number of likely N-dealkylation sites (tertiary alicyclic amines) is 1. The van der Waals surface area contributed by atoms with Crippen LogP contribution in [0.25, 0.3) is 0 Å². The van der Waals surface area contributed by atoms with Crippen LogP contribution in [0.15, 0.2) is 48.5 Å². The summed E-state index contributed by atoms with van der Waals surface area (Å²) in [6, 6.07) is 12.4. The first-order valence-electron chi connectivity index (χ1n) is 11.9. The van der Waals surface area contributed by atoms with E-state index >= 15 is 0 Å². The fraction of sp³-hybridized carbons (Fsp3) is 0.407. The van der Waals surface area contributed by atoms with Crippen molar-refractivity contribution in [3.63, 3.8) is 0 Å². The number of rotatable bonds is 8. The Kier molecular flexibility index (Phi) is 7.51. The Morgan fingerprint density at radius 2 is 1.69 bits per heavy atom. The molecule has 0 radical (unpaired) electrons. The molecule has 0 bridgehead atoms. The van der Waals surface area contributed by atoms with Crippen LogP contribution in [0.3, 0.4) is 0 Å². The van der Waals surface area contributed by atoms with E-state index in [-0.39, 0.29) is 25.6 Å². The molecule has 2 aliphatic heterocycles. The first-order valence-corrected chi connectivity index (χ1v) is 11.9. The minimum atomic E-state index is -0.972. The van der Waals surface area contributed by atoms with Crippen LogP contribution < -0.4 is 0 Å². The fourth-order valence-electron chi connectivity index (χ4n) is 4.67. The number of esters is 1. The van der Waals surface area contributed by atoms with E-state index in [4.69, 9.17) is 9.47 Å². The number of benzene rings is 2. The normalized spacial score (nSPS) is 20.1. The van der Waals surface area contributed by atoms with Gasteiger partial charge in [0.2, 0.25) is 5.91 Å². The van der Waals surface area contributed by atoms with Crippen LogP contribution in [0.5, 0.6) is 0 Å². The quantitative estimate of drug-likeness (QED) is 0.442. The van der Waals surface area contributed by atoms with Crippen LogP contribution >= 0.6 is 0 Å². The summed E-state index contributed by atoms with van der Waals surface area (Å²) in [5, 5.41) is 10.6. The van der Waals surface area contributed by atoms with E-state index in [0.29, 0.717) is 23.1 Å². The van der Waals surface area contributed by atoms with Crippen LogP contribution in [-0.2, 0) is 20.9 Å². The van der Waals surface area contributed by atoms with Gasteiger partial charge in [-0.25, -0.2) is 4.79 Å². The van der Waals surface area contributed by atoms with Crippen LogP contribution in [0.1, 0.15) is 56.9 Å². The molecule has 4 rings (SSSR count). The van der Waals surface area contributed by atoms with Crippen molar-refractivity contribution in [1.29, 1.82) is 0 Å². The smallest absolute Gasteiger partial charge is 0.337 e. The molecule has 1 fully saturated rings. The standard InChI is InChI=1S/C27H30N2O7/c1-16(2)11-21(29-24(31)19-9-4-5-10-20(19)25(29)32)26(33)28-13-22(30)23(14-28)36-15-17-7-6-8-18(12-17)27(34)35-3/h4-10,12,16,21-23,30H,11,13-15H2,1-3H3/t21-,22?,23?/m0/s1. The number of imide groups is 1. The minimum Gasteiger partial charge on any atom is -0.465 e. The lowest BCUT2D eigenvalue weighted by atomic mass is 10.0. The lowest BCUT2D eigenvalue weighted by molar-refractivity contribution is -0.135. The zero-order chi connectivity index (χ0) is 26.0. The second kappa shape index (κ2) is 10.6. The van der Waals surface area contributed by atoms with Gasteiger partial charge in [-0.1, -0.05) is 38.1 Å². The van der Waals surface area contributed by atoms with Crippen molar-refractivity contribution >= 4 is 23.7 Å².